The maximum absolute atomic E-state index is 8.50. The van der Waals surface area contributed by atoms with Crippen LogP contribution in [0.15, 0.2) is 6.07 Å². The molecule has 0 spiro atoms. The molecule has 1 heterocycles. The zero-order chi connectivity index (χ0) is 9.26. The summed E-state index contributed by atoms with van der Waals surface area (Å²) >= 11 is 0. The zero-order valence-electron chi connectivity index (χ0n) is 7.40. The van der Waals surface area contributed by atoms with Crippen LogP contribution in [0, 0.1) is 11.3 Å². The molecule has 1 fully saturated rings. The van der Waals surface area contributed by atoms with Crippen molar-refractivity contribution in [3.05, 3.63) is 11.8 Å². The summed E-state index contributed by atoms with van der Waals surface area (Å²) in [5.74, 6) is 1.19. The van der Waals surface area contributed by atoms with E-state index in [0.717, 1.165) is 5.69 Å². The van der Waals surface area contributed by atoms with Crippen LogP contribution in [0.3, 0.4) is 0 Å². The number of hydrogen-bond acceptors (Lipinski definition) is 3. The smallest absolute Gasteiger partial charge is 0.130 e. The lowest BCUT2D eigenvalue weighted by molar-refractivity contribution is 0.407. The zero-order valence-corrected chi connectivity index (χ0v) is 7.40. The summed E-state index contributed by atoms with van der Waals surface area (Å²) in [4.78, 5) is 0. The summed E-state index contributed by atoms with van der Waals surface area (Å²) in [6.07, 6.45) is 3.71. The molecule has 1 saturated carbocycles. The van der Waals surface area contributed by atoms with Crippen LogP contribution in [0.25, 0.3) is 0 Å². The van der Waals surface area contributed by atoms with E-state index in [0.29, 0.717) is 11.7 Å². The van der Waals surface area contributed by atoms with Gasteiger partial charge in [0.2, 0.25) is 0 Å². The van der Waals surface area contributed by atoms with Crippen LogP contribution in [0.1, 0.15) is 30.9 Å². The lowest BCUT2D eigenvalue weighted by atomic mass is 9.83. The second-order valence-electron chi connectivity index (χ2n) is 3.44. The van der Waals surface area contributed by atoms with Crippen LogP contribution < -0.4 is 5.73 Å². The predicted octanol–water partition coefficient (Wildman–Crippen LogP) is 1.26. The molecule has 1 aliphatic carbocycles. The van der Waals surface area contributed by atoms with Gasteiger partial charge < -0.3 is 5.73 Å². The molecule has 13 heavy (non-hydrogen) atoms. The first-order valence-corrected chi connectivity index (χ1v) is 4.51. The fraction of sp³-hybridized carbons (Fsp3) is 0.556. The van der Waals surface area contributed by atoms with Crippen molar-refractivity contribution in [2.75, 3.05) is 5.73 Å². The van der Waals surface area contributed by atoms with Crippen molar-refractivity contribution in [3.63, 3.8) is 0 Å². The number of nitrogens with two attached hydrogens (primary N) is 1. The molecule has 2 rings (SSSR count). The van der Waals surface area contributed by atoms with Gasteiger partial charge in [-0.2, -0.15) is 10.4 Å². The number of rotatable bonds is 2. The van der Waals surface area contributed by atoms with Crippen LogP contribution in [0.5, 0.6) is 0 Å². The standard InChI is InChI=1S/C9H12N4/c10-4-5-13-9(11)6-8(12-13)7-2-1-3-7/h6-7H,1-3,5,11H2. The fourth-order valence-corrected chi connectivity index (χ4v) is 1.55. The predicted molar refractivity (Wildman–Crippen MR) is 48.8 cm³/mol. The average molecular weight is 176 g/mol. The number of nitriles is 1. The Morgan fingerprint density at radius 1 is 1.69 bits per heavy atom. The van der Waals surface area contributed by atoms with E-state index in [1.54, 1.807) is 4.68 Å². The van der Waals surface area contributed by atoms with Gasteiger partial charge in [-0.3, -0.25) is 0 Å². The summed E-state index contributed by atoms with van der Waals surface area (Å²) in [5.41, 5.74) is 6.75. The van der Waals surface area contributed by atoms with Crippen molar-refractivity contribution >= 4 is 5.82 Å². The number of anilines is 1. The lowest BCUT2D eigenvalue weighted by Crippen LogP contribution is -2.10. The molecule has 0 unspecified atom stereocenters. The number of nitrogens with zero attached hydrogens (tertiary/aromatic N) is 3. The highest BCUT2D eigenvalue weighted by molar-refractivity contribution is 5.33. The Bertz CT molecular complexity index is 343. The minimum Gasteiger partial charge on any atom is -0.384 e. The maximum Gasteiger partial charge on any atom is 0.130 e. The van der Waals surface area contributed by atoms with E-state index < -0.39 is 0 Å². The molecule has 1 aromatic heterocycles. The van der Waals surface area contributed by atoms with Gasteiger partial charge in [-0.15, -0.1) is 0 Å². The van der Waals surface area contributed by atoms with E-state index >= 15 is 0 Å². The molecule has 0 aromatic carbocycles. The highest BCUT2D eigenvalue weighted by Crippen LogP contribution is 2.35. The molecule has 0 atom stereocenters. The van der Waals surface area contributed by atoms with Gasteiger partial charge in [0.15, 0.2) is 0 Å². The minimum absolute atomic E-state index is 0.249. The molecule has 68 valence electrons. The molecule has 2 N–H and O–H groups in total. The van der Waals surface area contributed by atoms with Gasteiger partial charge in [0.1, 0.15) is 12.4 Å². The highest BCUT2D eigenvalue weighted by Gasteiger charge is 2.22. The van der Waals surface area contributed by atoms with Gasteiger partial charge >= 0.3 is 0 Å². The van der Waals surface area contributed by atoms with Gasteiger partial charge in [-0.05, 0) is 12.8 Å². The molecule has 0 saturated heterocycles. The Morgan fingerprint density at radius 3 is 3.00 bits per heavy atom. The van der Waals surface area contributed by atoms with Crippen LogP contribution >= 0.6 is 0 Å². The summed E-state index contributed by atoms with van der Waals surface area (Å²) < 4.78 is 1.56. The largest absolute Gasteiger partial charge is 0.384 e. The molecule has 0 amide bonds. The van der Waals surface area contributed by atoms with Gasteiger partial charge in [0, 0.05) is 12.0 Å². The number of hydrogen-bond donors (Lipinski definition) is 1. The van der Waals surface area contributed by atoms with Crippen molar-refractivity contribution < 1.29 is 0 Å². The molecular formula is C9H12N4. The Balaban J connectivity index is 2.19. The number of aromatic nitrogens is 2. The Morgan fingerprint density at radius 2 is 2.46 bits per heavy atom. The molecular weight excluding hydrogens is 164 g/mol. The van der Waals surface area contributed by atoms with Crippen molar-refractivity contribution in [1.82, 2.24) is 9.78 Å². The van der Waals surface area contributed by atoms with Crippen LogP contribution in [0.4, 0.5) is 5.82 Å². The van der Waals surface area contributed by atoms with Gasteiger partial charge in [0.25, 0.3) is 0 Å². The lowest BCUT2D eigenvalue weighted by Gasteiger charge is -2.22. The van der Waals surface area contributed by atoms with Crippen molar-refractivity contribution in [2.24, 2.45) is 0 Å². The highest BCUT2D eigenvalue weighted by atomic mass is 15.3. The first kappa shape index (κ1) is 8.11. The Hall–Kier alpha value is -1.50. The topological polar surface area (TPSA) is 67.6 Å². The molecule has 0 radical (unpaired) electrons. The number of nitrogen functional groups attached to an aromatic ring is 1. The van der Waals surface area contributed by atoms with Crippen molar-refractivity contribution in [1.29, 1.82) is 5.26 Å². The molecule has 1 aromatic rings. The van der Waals surface area contributed by atoms with E-state index in [2.05, 4.69) is 5.10 Å². The summed E-state index contributed by atoms with van der Waals surface area (Å²) in [7, 11) is 0. The van der Waals surface area contributed by atoms with Gasteiger partial charge in [-0.25, -0.2) is 4.68 Å². The monoisotopic (exact) mass is 176 g/mol. The maximum atomic E-state index is 8.50. The molecule has 4 heteroatoms. The van der Waals surface area contributed by atoms with Crippen molar-refractivity contribution in [2.45, 2.75) is 31.7 Å². The van der Waals surface area contributed by atoms with Crippen molar-refractivity contribution in [3.8, 4) is 6.07 Å². The van der Waals surface area contributed by atoms with E-state index in [9.17, 15) is 0 Å². The third-order valence-corrected chi connectivity index (χ3v) is 2.57. The molecule has 0 aliphatic heterocycles. The van der Waals surface area contributed by atoms with E-state index in [1.165, 1.54) is 19.3 Å². The summed E-state index contributed by atoms with van der Waals surface area (Å²) in [6.45, 7) is 0.249. The minimum atomic E-state index is 0.249. The first-order valence-electron chi connectivity index (χ1n) is 4.51. The Kier molecular flexibility index (Phi) is 1.93. The second-order valence-corrected chi connectivity index (χ2v) is 3.44. The Labute approximate surface area is 77.0 Å². The molecule has 0 bridgehead atoms. The summed E-state index contributed by atoms with van der Waals surface area (Å²) in [6, 6.07) is 3.92. The quantitative estimate of drug-likeness (QED) is 0.737. The van der Waals surface area contributed by atoms with E-state index in [-0.39, 0.29) is 6.54 Å². The first-order chi connectivity index (χ1) is 6.31. The van der Waals surface area contributed by atoms with Crippen LogP contribution in [-0.4, -0.2) is 9.78 Å². The molecule has 4 nitrogen and oxygen atoms in total. The summed E-state index contributed by atoms with van der Waals surface area (Å²) in [5, 5.41) is 12.8. The normalized spacial score (nSPS) is 16.5. The third kappa shape index (κ3) is 1.37. The third-order valence-electron chi connectivity index (χ3n) is 2.57. The second kappa shape index (κ2) is 3.09. The fourth-order valence-electron chi connectivity index (χ4n) is 1.55. The van der Waals surface area contributed by atoms with Crippen LogP contribution in [-0.2, 0) is 6.54 Å². The van der Waals surface area contributed by atoms with Gasteiger partial charge in [0.05, 0.1) is 11.8 Å². The molecule has 1 aliphatic rings. The van der Waals surface area contributed by atoms with Gasteiger partial charge in [-0.1, -0.05) is 6.42 Å². The van der Waals surface area contributed by atoms with E-state index in [4.69, 9.17) is 11.0 Å². The average Bonchev–Trinajstić information content (AvgIpc) is 2.30. The SMILES string of the molecule is N#CCn1nc(C2CCC2)cc1N. The van der Waals surface area contributed by atoms with E-state index in [1.807, 2.05) is 12.1 Å². The van der Waals surface area contributed by atoms with Crippen LogP contribution in [0.2, 0.25) is 0 Å².